The van der Waals surface area contributed by atoms with Gasteiger partial charge in [-0.1, -0.05) is 29.8 Å². The van der Waals surface area contributed by atoms with Crippen molar-refractivity contribution in [1.82, 2.24) is 14.5 Å². The number of carbonyl (C=O) groups is 1. The van der Waals surface area contributed by atoms with Gasteiger partial charge in [0.25, 0.3) is 5.91 Å². The molecular weight excluding hydrogens is 434 g/mol. The maximum Gasteiger partial charge on any atom is 0.254 e. The average Bonchev–Trinajstić information content (AvgIpc) is 2.66. The molecule has 2 aromatic rings. The number of rotatable bonds is 5. The van der Waals surface area contributed by atoms with E-state index in [-0.39, 0.29) is 10.8 Å². The van der Waals surface area contributed by atoms with Gasteiger partial charge in [-0.25, -0.2) is 13.1 Å². The van der Waals surface area contributed by atoms with E-state index in [0.29, 0.717) is 18.7 Å². The van der Waals surface area contributed by atoms with Crippen molar-refractivity contribution in [3.63, 3.8) is 0 Å². The van der Waals surface area contributed by atoms with Crippen LogP contribution in [0.15, 0.2) is 47.4 Å². The first kappa shape index (κ1) is 23.7. The van der Waals surface area contributed by atoms with Crippen molar-refractivity contribution in [3.8, 4) is 0 Å². The Balaban J connectivity index is 1.69. The molecule has 0 spiro atoms. The van der Waals surface area contributed by atoms with Gasteiger partial charge in [0.15, 0.2) is 0 Å². The number of hydrogen-bond donors (Lipinski definition) is 1. The van der Waals surface area contributed by atoms with E-state index in [4.69, 9.17) is 11.6 Å². The largest absolute Gasteiger partial charge is 0.336 e. The Labute approximate surface area is 190 Å². The Hall–Kier alpha value is -1.93. The highest BCUT2D eigenvalue weighted by Crippen LogP contribution is 2.20. The van der Waals surface area contributed by atoms with E-state index in [0.717, 1.165) is 35.8 Å². The fourth-order valence-corrected chi connectivity index (χ4v) is 5.29. The van der Waals surface area contributed by atoms with E-state index >= 15 is 0 Å². The zero-order chi connectivity index (χ0) is 22.8. The van der Waals surface area contributed by atoms with Crippen molar-refractivity contribution in [2.45, 2.75) is 44.7 Å². The number of sulfonamides is 1. The molecule has 1 aliphatic heterocycles. The summed E-state index contributed by atoms with van der Waals surface area (Å²) in [6.07, 6.45) is 0. The molecule has 1 heterocycles. The molecule has 8 heteroatoms. The Morgan fingerprint density at radius 1 is 1.06 bits per heavy atom. The summed E-state index contributed by atoms with van der Waals surface area (Å²) < 4.78 is 28.0. The molecule has 2 aromatic carbocycles. The number of benzene rings is 2. The molecule has 0 aliphatic carbocycles. The van der Waals surface area contributed by atoms with Crippen LogP contribution in [0, 0.1) is 6.92 Å². The van der Waals surface area contributed by atoms with Crippen LogP contribution in [0.25, 0.3) is 0 Å². The van der Waals surface area contributed by atoms with Gasteiger partial charge in [-0.3, -0.25) is 9.69 Å². The summed E-state index contributed by atoms with van der Waals surface area (Å²) in [5.74, 6) is -0.132. The van der Waals surface area contributed by atoms with Gasteiger partial charge in [-0.05, 0) is 63.1 Å². The maximum atomic E-state index is 13.2. The van der Waals surface area contributed by atoms with Crippen LogP contribution in [0.3, 0.4) is 0 Å². The summed E-state index contributed by atoms with van der Waals surface area (Å²) in [5, 5.41) is 0.720. The molecule has 0 aromatic heterocycles. The first-order chi connectivity index (χ1) is 14.4. The first-order valence-corrected chi connectivity index (χ1v) is 12.2. The van der Waals surface area contributed by atoms with Crippen molar-refractivity contribution in [3.05, 3.63) is 64.2 Å². The minimum atomic E-state index is -3.71. The van der Waals surface area contributed by atoms with Gasteiger partial charge < -0.3 is 4.90 Å². The SMILES string of the molecule is Cc1ccc(S(=O)(=O)NC(C)(C)C)cc1C(=O)N1CCN(Cc2cccc(Cl)c2)CC1. The second kappa shape index (κ2) is 9.28. The van der Waals surface area contributed by atoms with Crippen LogP contribution in [0.2, 0.25) is 5.02 Å². The van der Waals surface area contributed by atoms with Crippen LogP contribution < -0.4 is 4.72 Å². The van der Waals surface area contributed by atoms with E-state index in [9.17, 15) is 13.2 Å². The number of carbonyl (C=O) groups excluding carboxylic acids is 1. The third-order valence-corrected chi connectivity index (χ3v) is 7.14. The number of aryl methyl sites for hydroxylation is 1. The van der Waals surface area contributed by atoms with Crippen molar-refractivity contribution >= 4 is 27.5 Å². The van der Waals surface area contributed by atoms with E-state index < -0.39 is 15.6 Å². The molecule has 168 valence electrons. The highest BCUT2D eigenvalue weighted by Gasteiger charge is 2.26. The number of nitrogens with one attached hydrogen (secondary N) is 1. The summed E-state index contributed by atoms with van der Waals surface area (Å²) in [6.45, 7) is 10.7. The second-order valence-electron chi connectivity index (χ2n) is 9.03. The minimum absolute atomic E-state index is 0.107. The number of piperazine rings is 1. The standard InChI is InChI=1S/C23H30ClN3O3S/c1-17-8-9-20(31(29,30)25-23(2,3)4)15-21(17)22(28)27-12-10-26(11-13-27)16-18-6-5-7-19(24)14-18/h5-9,14-15,25H,10-13,16H2,1-4H3. The molecule has 1 aliphatic rings. The fraction of sp³-hybridized carbons (Fsp3) is 0.435. The van der Waals surface area contributed by atoms with Gasteiger partial charge in [0, 0.05) is 48.8 Å². The molecule has 0 radical (unpaired) electrons. The van der Waals surface area contributed by atoms with Gasteiger partial charge in [0.1, 0.15) is 0 Å². The van der Waals surface area contributed by atoms with Gasteiger partial charge in [-0.2, -0.15) is 0 Å². The predicted octanol–water partition coefficient (Wildman–Crippen LogP) is 3.68. The number of hydrogen-bond acceptors (Lipinski definition) is 4. The summed E-state index contributed by atoms with van der Waals surface area (Å²) in [7, 11) is -3.71. The van der Waals surface area contributed by atoms with E-state index in [2.05, 4.69) is 9.62 Å². The average molecular weight is 464 g/mol. The lowest BCUT2D eigenvalue weighted by atomic mass is 10.1. The first-order valence-electron chi connectivity index (χ1n) is 10.4. The maximum absolute atomic E-state index is 13.2. The van der Waals surface area contributed by atoms with Gasteiger partial charge in [0.2, 0.25) is 10.0 Å². The Kier molecular flexibility index (Phi) is 7.11. The Morgan fingerprint density at radius 3 is 2.35 bits per heavy atom. The van der Waals surface area contributed by atoms with Crippen LogP contribution in [0.4, 0.5) is 0 Å². The van der Waals surface area contributed by atoms with Gasteiger partial charge >= 0.3 is 0 Å². The lowest BCUT2D eigenvalue weighted by Gasteiger charge is -2.35. The topological polar surface area (TPSA) is 69.7 Å². The number of nitrogens with zero attached hydrogens (tertiary/aromatic N) is 2. The molecule has 1 saturated heterocycles. The molecule has 31 heavy (non-hydrogen) atoms. The van der Waals surface area contributed by atoms with Crippen LogP contribution in [-0.2, 0) is 16.6 Å². The molecule has 0 bridgehead atoms. The summed E-state index contributed by atoms with van der Waals surface area (Å²) in [4.78, 5) is 17.4. The zero-order valence-corrected chi connectivity index (χ0v) is 20.1. The summed E-state index contributed by atoms with van der Waals surface area (Å²) in [5.41, 5.74) is 1.74. The van der Waals surface area contributed by atoms with Gasteiger partial charge in [-0.15, -0.1) is 0 Å². The van der Waals surface area contributed by atoms with Crippen LogP contribution >= 0.6 is 11.6 Å². The third kappa shape index (κ3) is 6.29. The smallest absolute Gasteiger partial charge is 0.254 e. The van der Waals surface area contributed by atoms with E-state index in [1.807, 2.05) is 31.2 Å². The number of halogens is 1. The summed E-state index contributed by atoms with van der Waals surface area (Å²) in [6, 6.07) is 12.5. The van der Waals surface area contributed by atoms with Crippen molar-refractivity contribution in [2.24, 2.45) is 0 Å². The molecule has 0 saturated carbocycles. The second-order valence-corrected chi connectivity index (χ2v) is 11.1. The predicted molar refractivity (Wildman–Crippen MR) is 124 cm³/mol. The van der Waals surface area contributed by atoms with Crippen molar-refractivity contribution in [2.75, 3.05) is 26.2 Å². The Morgan fingerprint density at radius 2 is 1.74 bits per heavy atom. The normalized spacial score (nSPS) is 15.8. The lowest BCUT2D eigenvalue weighted by molar-refractivity contribution is 0.0627. The van der Waals surface area contributed by atoms with Crippen LogP contribution in [-0.4, -0.2) is 55.8 Å². The monoisotopic (exact) mass is 463 g/mol. The fourth-order valence-electron chi connectivity index (χ4n) is 3.63. The molecule has 1 N–H and O–H groups in total. The van der Waals surface area contributed by atoms with E-state index in [1.165, 1.54) is 6.07 Å². The molecule has 3 rings (SSSR count). The number of amides is 1. The van der Waals surface area contributed by atoms with Gasteiger partial charge in [0.05, 0.1) is 4.90 Å². The van der Waals surface area contributed by atoms with E-state index in [1.54, 1.807) is 37.8 Å². The molecule has 0 unspecified atom stereocenters. The Bertz CT molecular complexity index is 1060. The molecule has 1 amide bonds. The molecule has 0 atom stereocenters. The van der Waals surface area contributed by atoms with Crippen molar-refractivity contribution in [1.29, 1.82) is 0 Å². The zero-order valence-electron chi connectivity index (χ0n) is 18.5. The molecule has 6 nitrogen and oxygen atoms in total. The lowest BCUT2D eigenvalue weighted by Crippen LogP contribution is -2.48. The van der Waals surface area contributed by atoms with Crippen LogP contribution in [0.1, 0.15) is 42.3 Å². The third-order valence-electron chi connectivity index (χ3n) is 5.15. The molecular formula is C23H30ClN3O3S. The summed E-state index contributed by atoms with van der Waals surface area (Å²) >= 11 is 6.07. The molecule has 1 fully saturated rings. The highest BCUT2D eigenvalue weighted by atomic mass is 35.5. The van der Waals surface area contributed by atoms with Crippen molar-refractivity contribution < 1.29 is 13.2 Å². The minimum Gasteiger partial charge on any atom is -0.336 e. The quantitative estimate of drug-likeness (QED) is 0.734. The highest BCUT2D eigenvalue weighted by molar-refractivity contribution is 7.89. The van der Waals surface area contributed by atoms with Crippen LogP contribution in [0.5, 0.6) is 0 Å².